The SMILES string of the molecule is OCCCc1cnn(C2CCCCCC2)c1. The molecular formula is C13H22N2O. The van der Waals surface area contributed by atoms with E-state index in [1.165, 1.54) is 44.1 Å². The normalized spacial score (nSPS) is 18.6. The molecule has 0 unspecified atom stereocenters. The molecule has 1 saturated carbocycles. The van der Waals surface area contributed by atoms with Gasteiger partial charge in [-0.15, -0.1) is 0 Å². The molecule has 0 aromatic carbocycles. The van der Waals surface area contributed by atoms with Gasteiger partial charge in [0, 0.05) is 12.8 Å². The number of aliphatic hydroxyl groups is 1. The van der Waals surface area contributed by atoms with Gasteiger partial charge in [0.1, 0.15) is 0 Å². The zero-order chi connectivity index (χ0) is 11.2. The first-order valence-electron chi connectivity index (χ1n) is 6.54. The molecule has 1 N–H and O–H groups in total. The van der Waals surface area contributed by atoms with E-state index in [0.717, 1.165) is 12.8 Å². The van der Waals surface area contributed by atoms with Crippen LogP contribution < -0.4 is 0 Å². The topological polar surface area (TPSA) is 38.1 Å². The Balaban J connectivity index is 1.94. The van der Waals surface area contributed by atoms with Crippen LogP contribution in [0.1, 0.15) is 56.6 Å². The van der Waals surface area contributed by atoms with Crippen LogP contribution in [-0.4, -0.2) is 21.5 Å². The maximum atomic E-state index is 8.79. The lowest BCUT2D eigenvalue weighted by atomic mass is 10.1. The lowest BCUT2D eigenvalue weighted by molar-refractivity contribution is 0.288. The molecular weight excluding hydrogens is 200 g/mol. The monoisotopic (exact) mass is 222 g/mol. The van der Waals surface area contributed by atoms with Crippen LogP contribution in [0.3, 0.4) is 0 Å². The third-order valence-electron chi connectivity index (χ3n) is 3.48. The van der Waals surface area contributed by atoms with E-state index in [-0.39, 0.29) is 6.61 Å². The molecule has 0 amide bonds. The van der Waals surface area contributed by atoms with Crippen molar-refractivity contribution in [3.05, 3.63) is 18.0 Å². The van der Waals surface area contributed by atoms with Gasteiger partial charge in [-0.3, -0.25) is 4.68 Å². The number of hydrogen-bond acceptors (Lipinski definition) is 2. The Morgan fingerprint density at radius 1 is 1.25 bits per heavy atom. The first kappa shape index (κ1) is 11.6. The van der Waals surface area contributed by atoms with Crippen molar-refractivity contribution in [2.45, 2.75) is 57.4 Å². The van der Waals surface area contributed by atoms with Crippen molar-refractivity contribution in [1.82, 2.24) is 9.78 Å². The summed E-state index contributed by atoms with van der Waals surface area (Å²) in [7, 11) is 0. The van der Waals surface area contributed by atoms with Gasteiger partial charge < -0.3 is 5.11 Å². The predicted octanol–water partition coefficient (Wildman–Crippen LogP) is 2.70. The van der Waals surface area contributed by atoms with Crippen LogP contribution in [0.2, 0.25) is 0 Å². The van der Waals surface area contributed by atoms with Crippen molar-refractivity contribution in [3.8, 4) is 0 Å². The summed E-state index contributed by atoms with van der Waals surface area (Å²) in [5.74, 6) is 0. The molecule has 1 aromatic rings. The highest BCUT2D eigenvalue weighted by Gasteiger charge is 2.14. The van der Waals surface area contributed by atoms with Gasteiger partial charge in [-0.2, -0.15) is 5.10 Å². The van der Waals surface area contributed by atoms with Crippen molar-refractivity contribution < 1.29 is 5.11 Å². The Bertz CT molecular complexity index is 301. The van der Waals surface area contributed by atoms with Crippen LogP contribution in [-0.2, 0) is 6.42 Å². The molecule has 0 bridgehead atoms. The van der Waals surface area contributed by atoms with Gasteiger partial charge in [0.15, 0.2) is 0 Å². The van der Waals surface area contributed by atoms with Gasteiger partial charge in [0.2, 0.25) is 0 Å². The van der Waals surface area contributed by atoms with E-state index in [1.807, 2.05) is 6.20 Å². The van der Waals surface area contributed by atoms with E-state index in [0.29, 0.717) is 6.04 Å². The summed E-state index contributed by atoms with van der Waals surface area (Å²) in [5, 5.41) is 13.3. The Hall–Kier alpha value is -0.830. The van der Waals surface area contributed by atoms with Gasteiger partial charge in [0.05, 0.1) is 12.2 Å². The quantitative estimate of drug-likeness (QED) is 0.795. The van der Waals surface area contributed by atoms with Crippen molar-refractivity contribution in [2.24, 2.45) is 0 Å². The van der Waals surface area contributed by atoms with Crippen LogP contribution in [0.4, 0.5) is 0 Å². The smallest absolute Gasteiger partial charge is 0.0521 e. The summed E-state index contributed by atoms with van der Waals surface area (Å²) in [6.45, 7) is 0.272. The average Bonchev–Trinajstić information content (AvgIpc) is 2.60. The van der Waals surface area contributed by atoms with E-state index >= 15 is 0 Å². The number of aliphatic hydroxyl groups excluding tert-OH is 1. The first-order chi connectivity index (χ1) is 7.90. The van der Waals surface area contributed by atoms with Crippen molar-refractivity contribution in [2.75, 3.05) is 6.61 Å². The second kappa shape index (κ2) is 6.04. The summed E-state index contributed by atoms with van der Waals surface area (Å²) in [6, 6.07) is 0.616. The lowest BCUT2D eigenvalue weighted by Gasteiger charge is -2.14. The van der Waals surface area contributed by atoms with Crippen LogP contribution in [0.5, 0.6) is 0 Å². The number of nitrogens with zero attached hydrogens (tertiary/aromatic N) is 2. The highest BCUT2D eigenvalue weighted by molar-refractivity contribution is 5.04. The summed E-state index contributed by atoms with van der Waals surface area (Å²) < 4.78 is 2.15. The Labute approximate surface area is 97.5 Å². The third-order valence-corrected chi connectivity index (χ3v) is 3.48. The molecule has 16 heavy (non-hydrogen) atoms. The highest BCUT2D eigenvalue weighted by Crippen LogP contribution is 2.26. The largest absolute Gasteiger partial charge is 0.396 e. The molecule has 3 nitrogen and oxygen atoms in total. The minimum Gasteiger partial charge on any atom is -0.396 e. The zero-order valence-corrected chi connectivity index (χ0v) is 9.94. The molecule has 1 aliphatic rings. The average molecular weight is 222 g/mol. The molecule has 0 radical (unpaired) electrons. The van der Waals surface area contributed by atoms with Crippen molar-refractivity contribution in [1.29, 1.82) is 0 Å². The number of aryl methyl sites for hydroxylation is 1. The van der Waals surface area contributed by atoms with Crippen LogP contribution >= 0.6 is 0 Å². The second-order valence-corrected chi connectivity index (χ2v) is 4.80. The Kier molecular flexibility index (Phi) is 4.40. The van der Waals surface area contributed by atoms with E-state index < -0.39 is 0 Å². The maximum Gasteiger partial charge on any atom is 0.0521 e. The predicted molar refractivity (Wildman–Crippen MR) is 64.4 cm³/mol. The lowest BCUT2D eigenvalue weighted by Crippen LogP contribution is -2.08. The summed E-state index contributed by atoms with van der Waals surface area (Å²) in [4.78, 5) is 0. The molecule has 1 fully saturated rings. The molecule has 0 atom stereocenters. The Morgan fingerprint density at radius 2 is 2.00 bits per heavy atom. The number of hydrogen-bond donors (Lipinski definition) is 1. The van der Waals surface area contributed by atoms with Gasteiger partial charge in [0.25, 0.3) is 0 Å². The fourth-order valence-electron chi connectivity index (χ4n) is 2.51. The van der Waals surface area contributed by atoms with E-state index in [2.05, 4.69) is 16.0 Å². The van der Waals surface area contributed by atoms with E-state index in [4.69, 9.17) is 5.11 Å². The van der Waals surface area contributed by atoms with E-state index in [9.17, 15) is 0 Å². The molecule has 1 aromatic heterocycles. The summed E-state index contributed by atoms with van der Waals surface area (Å²) in [6.07, 6.45) is 13.9. The third kappa shape index (κ3) is 3.08. The Morgan fingerprint density at radius 3 is 2.69 bits per heavy atom. The molecule has 3 heteroatoms. The molecule has 0 spiro atoms. The standard InChI is InChI=1S/C13H22N2O/c16-9-5-6-12-10-14-15(11-12)13-7-3-1-2-4-8-13/h10-11,13,16H,1-9H2. The van der Waals surface area contributed by atoms with Gasteiger partial charge in [-0.25, -0.2) is 0 Å². The molecule has 90 valence electrons. The first-order valence-corrected chi connectivity index (χ1v) is 6.54. The maximum absolute atomic E-state index is 8.79. The van der Waals surface area contributed by atoms with Gasteiger partial charge in [-0.05, 0) is 31.2 Å². The van der Waals surface area contributed by atoms with Crippen LogP contribution in [0.15, 0.2) is 12.4 Å². The van der Waals surface area contributed by atoms with E-state index in [1.54, 1.807) is 0 Å². The number of rotatable bonds is 4. The fourth-order valence-corrected chi connectivity index (χ4v) is 2.51. The van der Waals surface area contributed by atoms with Crippen LogP contribution in [0, 0.1) is 0 Å². The molecule has 2 rings (SSSR count). The van der Waals surface area contributed by atoms with Gasteiger partial charge in [-0.1, -0.05) is 25.7 Å². The molecule has 1 heterocycles. The fraction of sp³-hybridized carbons (Fsp3) is 0.769. The number of aromatic nitrogens is 2. The van der Waals surface area contributed by atoms with Crippen LogP contribution in [0.25, 0.3) is 0 Å². The summed E-state index contributed by atoms with van der Waals surface area (Å²) in [5.41, 5.74) is 1.26. The van der Waals surface area contributed by atoms with Gasteiger partial charge >= 0.3 is 0 Å². The zero-order valence-electron chi connectivity index (χ0n) is 9.94. The minimum atomic E-state index is 0.272. The van der Waals surface area contributed by atoms with Crippen molar-refractivity contribution >= 4 is 0 Å². The minimum absolute atomic E-state index is 0.272. The molecule has 0 aliphatic heterocycles. The highest BCUT2D eigenvalue weighted by atomic mass is 16.2. The molecule has 1 aliphatic carbocycles. The summed E-state index contributed by atoms with van der Waals surface area (Å²) >= 11 is 0. The van der Waals surface area contributed by atoms with Crippen molar-refractivity contribution in [3.63, 3.8) is 0 Å². The molecule has 0 saturated heterocycles. The second-order valence-electron chi connectivity index (χ2n) is 4.80.